The number of hydrogen-bond acceptors (Lipinski definition) is 4. The zero-order chi connectivity index (χ0) is 13.4. The van der Waals surface area contributed by atoms with Gasteiger partial charge in [0.15, 0.2) is 5.58 Å². The smallest absolute Gasteiger partial charge is 0.408 e. The molecule has 3 rings (SSSR count). The second-order valence-corrected chi connectivity index (χ2v) is 4.14. The Morgan fingerprint density at radius 3 is 3.00 bits per heavy atom. The molecule has 1 aromatic carbocycles. The third-order valence-electron chi connectivity index (χ3n) is 3.04. The minimum atomic E-state index is -0.401. The molecule has 0 amide bonds. The molecular formula is C14H9N3O2. The Bertz CT molecular complexity index is 868. The van der Waals surface area contributed by atoms with Crippen LogP contribution in [-0.2, 0) is 7.05 Å². The Hall–Kier alpha value is -2.87. The molecule has 5 nitrogen and oxygen atoms in total. The van der Waals surface area contributed by atoms with Crippen LogP contribution in [0, 0.1) is 11.3 Å². The Kier molecular flexibility index (Phi) is 2.43. The Morgan fingerprint density at radius 1 is 1.37 bits per heavy atom. The predicted molar refractivity (Wildman–Crippen MR) is 69.4 cm³/mol. The molecule has 0 aliphatic heterocycles. The molecule has 2 aromatic heterocycles. The van der Waals surface area contributed by atoms with E-state index in [0.29, 0.717) is 16.7 Å². The molecular weight excluding hydrogens is 242 g/mol. The standard InChI is InChI=1S/C14H9N3O2/c1-17-12-6-9(2-3-13(12)19-14(17)18)11-4-5-16-8-10(11)7-15/h2-6,8H,1H3. The molecule has 2 heterocycles. The summed E-state index contributed by atoms with van der Waals surface area (Å²) in [5, 5.41) is 9.09. The van der Waals surface area contributed by atoms with Gasteiger partial charge in [0.1, 0.15) is 6.07 Å². The van der Waals surface area contributed by atoms with Gasteiger partial charge in [0, 0.05) is 25.0 Å². The van der Waals surface area contributed by atoms with E-state index in [1.165, 1.54) is 10.8 Å². The third kappa shape index (κ3) is 1.70. The van der Waals surface area contributed by atoms with Crippen LogP contribution in [0.2, 0.25) is 0 Å². The summed E-state index contributed by atoms with van der Waals surface area (Å²) in [4.78, 5) is 15.4. The molecule has 0 aliphatic rings. The van der Waals surface area contributed by atoms with Crippen molar-refractivity contribution in [3.05, 3.63) is 52.8 Å². The van der Waals surface area contributed by atoms with Crippen LogP contribution in [0.5, 0.6) is 0 Å². The van der Waals surface area contributed by atoms with Crippen molar-refractivity contribution < 1.29 is 4.42 Å². The topological polar surface area (TPSA) is 71.8 Å². The van der Waals surface area contributed by atoms with E-state index in [2.05, 4.69) is 11.1 Å². The van der Waals surface area contributed by atoms with Gasteiger partial charge in [0.25, 0.3) is 0 Å². The average Bonchev–Trinajstić information content (AvgIpc) is 2.74. The average molecular weight is 251 g/mol. The van der Waals surface area contributed by atoms with Crippen molar-refractivity contribution in [1.82, 2.24) is 9.55 Å². The van der Waals surface area contributed by atoms with Gasteiger partial charge >= 0.3 is 5.76 Å². The van der Waals surface area contributed by atoms with Gasteiger partial charge in [0.2, 0.25) is 0 Å². The van der Waals surface area contributed by atoms with Crippen LogP contribution >= 0.6 is 0 Å². The molecule has 0 radical (unpaired) electrons. The van der Waals surface area contributed by atoms with Crippen LogP contribution in [0.25, 0.3) is 22.2 Å². The van der Waals surface area contributed by atoms with Crippen molar-refractivity contribution in [2.24, 2.45) is 7.05 Å². The van der Waals surface area contributed by atoms with E-state index in [4.69, 9.17) is 9.68 Å². The number of aromatic nitrogens is 2. The zero-order valence-corrected chi connectivity index (χ0v) is 10.1. The van der Waals surface area contributed by atoms with Gasteiger partial charge in [-0.15, -0.1) is 0 Å². The van der Waals surface area contributed by atoms with E-state index in [9.17, 15) is 4.79 Å². The molecule has 0 unspecified atom stereocenters. The SMILES string of the molecule is Cn1c(=O)oc2ccc(-c3ccncc3C#N)cc21. The molecule has 0 aliphatic carbocycles. The maximum Gasteiger partial charge on any atom is 0.419 e. The second-order valence-electron chi connectivity index (χ2n) is 4.14. The highest BCUT2D eigenvalue weighted by Gasteiger charge is 2.09. The monoisotopic (exact) mass is 251 g/mol. The fourth-order valence-electron chi connectivity index (χ4n) is 2.03. The molecule has 5 heteroatoms. The zero-order valence-electron chi connectivity index (χ0n) is 10.1. The van der Waals surface area contributed by atoms with Gasteiger partial charge in [-0.05, 0) is 23.8 Å². The highest BCUT2D eigenvalue weighted by molar-refractivity contribution is 5.82. The van der Waals surface area contributed by atoms with Crippen molar-refractivity contribution in [3.8, 4) is 17.2 Å². The molecule has 0 atom stereocenters. The first-order valence-corrected chi connectivity index (χ1v) is 5.65. The fraction of sp³-hybridized carbons (Fsp3) is 0.0714. The summed E-state index contributed by atoms with van der Waals surface area (Å²) >= 11 is 0. The highest BCUT2D eigenvalue weighted by Crippen LogP contribution is 2.25. The van der Waals surface area contributed by atoms with Crippen LogP contribution in [-0.4, -0.2) is 9.55 Å². The molecule has 0 N–H and O–H groups in total. The van der Waals surface area contributed by atoms with E-state index >= 15 is 0 Å². The number of hydrogen-bond donors (Lipinski definition) is 0. The van der Waals surface area contributed by atoms with Crippen molar-refractivity contribution in [2.45, 2.75) is 0 Å². The molecule has 0 saturated heterocycles. The first kappa shape index (κ1) is 11.2. The minimum absolute atomic E-state index is 0.401. The van der Waals surface area contributed by atoms with Crippen LogP contribution in [0.4, 0.5) is 0 Å². The third-order valence-corrected chi connectivity index (χ3v) is 3.04. The molecule has 0 saturated carbocycles. The number of fused-ring (bicyclic) bond motifs is 1. The number of nitrogens with zero attached hydrogens (tertiary/aromatic N) is 3. The van der Waals surface area contributed by atoms with Crippen molar-refractivity contribution in [3.63, 3.8) is 0 Å². The molecule has 0 fully saturated rings. The van der Waals surface area contributed by atoms with Crippen LogP contribution in [0.15, 0.2) is 45.9 Å². The summed E-state index contributed by atoms with van der Waals surface area (Å²) in [5.41, 5.74) is 3.36. The minimum Gasteiger partial charge on any atom is -0.408 e. The van der Waals surface area contributed by atoms with E-state index in [0.717, 1.165) is 11.1 Å². The number of oxazole rings is 1. The molecule has 19 heavy (non-hydrogen) atoms. The van der Waals surface area contributed by atoms with E-state index in [1.54, 1.807) is 25.4 Å². The summed E-state index contributed by atoms with van der Waals surface area (Å²) in [6.45, 7) is 0. The number of pyridine rings is 1. The lowest BCUT2D eigenvalue weighted by Gasteiger charge is -2.03. The number of aryl methyl sites for hydroxylation is 1. The molecule has 3 aromatic rings. The van der Waals surface area contributed by atoms with E-state index in [1.807, 2.05) is 12.1 Å². The van der Waals surface area contributed by atoms with Crippen molar-refractivity contribution in [2.75, 3.05) is 0 Å². The first-order valence-electron chi connectivity index (χ1n) is 5.65. The van der Waals surface area contributed by atoms with Crippen molar-refractivity contribution >= 4 is 11.1 Å². The summed E-state index contributed by atoms with van der Waals surface area (Å²) < 4.78 is 6.51. The van der Waals surface area contributed by atoms with Gasteiger partial charge in [0.05, 0.1) is 11.1 Å². The van der Waals surface area contributed by atoms with Crippen LogP contribution in [0.1, 0.15) is 5.56 Å². The summed E-state index contributed by atoms with van der Waals surface area (Å²) in [6.07, 6.45) is 3.16. The Labute approximate surface area is 108 Å². The summed E-state index contributed by atoms with van der Waals surface area (Å²) in [6, 6.07) is 9.26. The first-order chi connectivity index (χ1) is 9.20. The largest absolute Gasteiger partial charge is 0.419 e. The highest BCUT2D eigenvalue weighted by atomic mass is 16.4. The lowest BCUT2D eigenvalue weighted by Crippen LogP contribution is -2.08. The van der Waals surface area contributed by atoms with Gasteiger partial charge in [-0.25, -0.2) is 4.79 Å². The van der Waals surface area contributed by atoms with Crippen molar-refractivity contribution in [1.29, 1.82) is 5.26 Å². The maximum atomic E-state index is 11.4. The van der Waals surface area contributed by atoms with Gasteiger partial charge < -0.3 is 4.42 Å². The van der Waals surface area contributed by atoms with Gasteiger partial charge in [-0.2, -0.15) is 5.26 Å². The van der Waals surface area contributed by atoms with E-state index in [-0.39, 0.29) is 0 Å². The Morgan fingerprint density at radius 2 is 2.21 bits per heavy atom. The van der Waals surface area contributed by atoms with Crippen LogP contribution < -0.4 is 5.76 Å². The van der Waals surface area contributed by atoms with E-state index < -0.39 is 5.76 Å². The fourth-order valence-corrected chi connectivity index (χ4v) is 2.03. The molecule has 92 valence electrons. The van der Waals surface area contributed by atoms with Gasteiger partial charge in [-0.1, -0.05) is 6.07 Å². The summed E-state index contributed by atoms with van der Waals surface area (Å²) in [5.74, 6) is -0.401. The maximum absolute atomic E-state index is 11.4. The second kappa shape index (κ2) is 4.10. The lowest BCUT2D eigenvalue weighted by molar-refractivity contribution is 0.528. The van der Waals surface area contributed by atoms with Gasteiger partial charge in [-0.3, -0.25) is 9.55 Å². The number of benzene rings is 1. The summed E-state index contributed by atoms with van der Waals surface area (Å²) in [7, 11) is 1.65. The number of rotatable bonds is 1. The quantitative estimate of drug-likeness (QED) is 0.663. The lowest BCUT2D eigenvalue weighted by atomic mass is 10.0. The number of nitriles is 1. The Balaban J connectivity index is 2.29. The predicted octanol–water partition coefficient (Wildman–Crippen LogP) is 2.07. The van der Waals surface area contributed by atoms with Crippen LogP contribution in [0.3, 0.4) is 0 Å². The molecule has 0 spiro atoms. The molecule has 0 bridgehead atoms. The normalized spacial score (nSPS) is 10.5.